The maximum Gasteiger partial charge on any atom is 0.106 e. The summed E-state index contributed by atoms with van der Waals surface area (Å²) in [6.45, 7) is 5.56. The molecule has 0 saturated carbocycles. The highest BCUT2D eigenvalue weighted by atomic mass is 32.1. The number of rotatable bonds is 3. The molecule has 104 valence electrons. The van der Waals surface area contributed by atoms with Gasteiger partial charge in [-0.15, -0.1) is 0 Å². The van der Waals surface area contributed by atoms with Crippen LogP contribution in [-0.2, 0) is 0 Å². The Hall–Kier alpha value is -1.09. The van der Waals surface area contributed by atoms with Crippen LogP contribution in [0.5, 0.6) is 0 Å². The molecule has 1 atom stereocenters. The monoisotopic (exact) mass is 276 g/mol. The van der Waals surface area contributed by atoms with Crippen LogP contribution in [0.4, 0.5) is 5.69 Å². The molecule has 1 aromatic carbocycles. The number of hydrogen-bond donors (Lipinski definition) is 1. The van der Waals surface area contributed by atoms with Crippen molar-refractivity contribution in [3.63, 3.8) is 0 Å². The molecule has 1 unspecified atom stereocenters. The Morgan fingerprint density at radius 3 is 2.84 bits per heavy atom. The Balaban J connectivity index is 2.45. The average molecular weight is 276 g/mol. The van der Waals surface area contributed by atoms with E-state index in [1.54, 1.807) is 0 Å². The van der Waals surface area contributed by atoms with E-state index < -0.39 is 0 Å². The average Bonchev–Trinajstić information content (AvgIpc) is 2.63. The quantitative estimate of drug-likeness (QED) is 0.852. The van der Waals surface area contributed by atoms with Crippen molar-refractivity contribution in [1.29, 1.82) is 0 Å². The Morgan fingerprint density at radius 1 is 1.37 bits per heavy atom. The van der Waals surface area contributed by atoms with E-state index in [0.717, 1.165) is 12.1 Å². The third-order valence-electron chi connectivity index (χ3n) is 4.14. The molecular formula is C16H24N2S. The van der Waals surface area contributed by atoms with E-state index in [4.69, 9.17) is 18.0 Å². The van der Waals surface area contributed by atoms with E-state index in [2.05, 4.69) is 30.9 Å². The largest absolute Gasteiger partial charge is 0.389 e. The zero-order chi connectivity index (χ0) is 13.8. The normalized spacial score (nSPS) is 20.1. The highest BCUT2D eigenvalue weighted by molar-refractivity contribution is 7.80. The van der Waals surface area contributed by atoms with Gasteiger partial charge in [-0.3, -0.25) is 0 Å². The summed E-state index contributed by atoms with van der Waals surface area (Å²) in [5.41, 5.74) is 9.51. The molecule has 19 heavy (non-hydrogen) atoms. The Bertz CT molecular complexity index is 456. The molecular weight excluding hydrogens is 252 g/mol. The first-order chi connectivity index (χ1) is 9.15. The van der Waals surface area contributed by atoms with Gasteiger partial charge in [-0.2, -0.15) is 0 Å². The minimum Gasteiger partial charge on any atom is -0.389 e. The van der Waals surface area contributed by atoms with Gasteiger partial charge < -0.3 is 10.6 Å². The second-order valence-corrected chi connectivity index (χ2v) is 5.88. The van der Waals surface area contributed by atoms with Crippen molar-refractivity contribution in [2.24, 2.45) is 5.73 Å². The van der Waals surface area contributed by atoms with Crippen molar-refractivity contribution in [2.45, 2.75) is 52.0 Å². The van der Waals surface area contributed by atoms with Crippen molar-refractivity contribution in [1.82, 2.24) is 0 Å². The lowest BCUT2D eigenvalue weighted by molar-refractivity contribution is 0.555. The summed E-state index contributed by atoms with van der Waals surface area (Å²) in [6.07, 6.45) is 6.40. The Kier molecular flexibility index (Phi) is 4.81. The highest BCUT2D eigenvalue weighted by Crippen LogP contribution is 2.31. The summed E-state index contributed by atoms with van der Waals surface area (Å²) in [4.78, 5) is 3.06. The van der Waals surface area contributed by atoms with E-state index in [1.165, 1.54) is 43.4 Å². The van der Waals surface area contributed by atoms with Gasteiger partial charge in [0.1, 0.15) is 4.99 Å². The maximum atomic E-state index is 5.92. The summed E-state index contributed by atoms with van der Waals surface area (Å²) in [5.74, 6) is 0. The van der Waals surface area contributed by atoms with Crippen LogP contribution < -0.4 is 10.6 Å². The van der Waals surface area contributed by atoms with Crippen molar-refractivity contribution in [2.75, 3.05) is 11.4 Å². The third kappa shape index (κ3) is 3.08. The van der Waals surface area contributed by atoms with Gasteiger partial charge in [0.2, 0.25) is 0 Å². The van der Waals surface area contributed by atoms with Gasteiger partial charge in [-0.25, -0.2) is 0 Å². The third-order valence-corrected chi connectivity index (χ3v) is 4.36. The van der Waals surface area contributed by atoms with Crippen molar-refractivity contribution >= 4 is 22.9 Å². The fraction of sp³-hybridized carbons (Fsp3) is 0.562. The number of thiocarbonyl (C=S) groups is 1. The molecule has 2 rings (SSSR count). The van der Waals surface area contributed by atoms with Gasteiger partial charge in [0.15, 0.2) is 0 Å². The minimum absolute atomic E-state index is 0.512. The maximum absolute atomic E-state index is 5.92. The molecule has 1 aliphatic heterocycles. The van der Waals surface area contributed by atoms with Crippen LogP contribution in [-0.4, -0.2) is 17.6 Å². The highest BCUT2D eigenvalue weighted by Gasteiger charge is 2.23. The van der Waals surface area contributed by atoms with Crippen molar-refractivity contribution in [3.05, 3.63) is 29.3 Å². The molecule has 1 saturated heterocycles. The van der Waals surface area contributed by atoms with Crippen LogP contribution >= 0.6 is 12.2 Å². The van der Waals surface area contributed by atoms with Gasteiger partial charge in [-0.1, -0.05) is 44.1 Å². The smallest absolute Gasteiger partial charge is 0.106 e. The van der Waals surface area contributed by atoms with Gasteiger partial charge in [0.05, 0.1) is 5.69 Å². The molecule has 2 nitrogen and oxygen atoms in total. The van der Waals surface area contributed by atoms with Crippen LogP contribution in [0.3, 0.4) is 0 Å². The lowest BCUT2D eigenvalue weighted by Gasteiger charge is -2.34. The summed E-state index contributed by atoms with van der Waals surface area (Å²) >= 11 is 5.24. The van der Waals surface area contributed by atoms with Crippen LogP contribution in [0, 0.1) is 6.92 Å². The van der Waals surface area contributed by atoms with E-state index in [0.29, 0.717) is 11.0 Å². The Morgan fingerprint density at radius 2 is 2.16 bits per heavy atom. The van der Waals surface area contributed by atoms with Crippen LogP contribution in [0.15, 0.2) is 18.2 Å². The molecule has 2 N–H and O–H groups in total. The number of benzene rings is 1. The number of aryl methyl sites for hydroxylation is 1. The van der Waals surface area contributed by atoms with Gasteiger partial charge in [0.25, 0.3) is 0 Å². The van der Waals surface area contributed by atoms with Crippen molar-refractivity contribution in [3.8, 4) is 0 Å². The SMILES string of the molecule is CCC1CCCCCN1c1c(C)cccc1C(N)=S. The number of anilines is 1. The van der Waals surface area contributed by atoms with Crippen molar-refractivity contribution < 1.29 is 0 Å². The van der Waals surface area contributed by atoms with Gasteiger partial charge >= 0.3 is 0 Å². The molecule has 0 spiro atoms. The summed E-state index contributed by atoms with van der Waals surface area (Å²) in [7, 11) is 0. The predicted molar refractivity (Wildman–Crippen MR) is 87.0 cm³/mol. The van der Waals surface area contributed by atoms with Crippen LogP contribution in [0.25, 0.3) is 0 Å². The van der Waals surface area contributed by atoms with Gasteiger partial charge in [-0.05, 0) is 37.8 Å². The fourth-order valence-electron chi connectivity index (χ4n) is 3.14. The molecule has 0 aromatic heterocycles. The first kappa shape index (κ1) is 14.3. The summed E-state index contributed by atoms with van der Waals surface area (Å²) in [5, 5.41) is 0. The second-order valence-electron chi connectivity index (χ2n) is 5.44. The summed E-state index contributed by atoms with van der Waals surface area (Å²) < 4.78 is 0. The van der Waals surface area contributed by atoms with Gasteiger partial charge in [0, 0.05) is 18.2 Å². The van der Waals surface area contributed by atoms with Crippen LogP contribution in [0.2, 0.25) is 0 Å². The molecule has 1 aliphatic rings. The van der Waals surface area contributed by atoms with E-state index in [-0.39, 0.29) is 0 Å². The van der Waals surface area contributed by atoms with E-state index in [1.807, 2.05) is 6.07 Å². The molecule has 3 heteroatoms. The number of nitrogens with two attached hydrogens (primary N) is 1. The molecule has 1 heterocycles. The number of nitrogens with zero attached hydrogens (tertiary/aromatic N) is 1. The first-order valence-electron chi connectivity index (χ1n) is 7.31. The molecule has 0 aliphatic carbocycles. The van der Waals surface area contributed by atoms with E-state index in [9.17, 15) is 0 Å². The topological polar surface area (TPSA) is 29.3 Å². The number of para-hydroxylation sites is 1. The Labute approximate surface area is 122 Å². The molecule has 0 radical (unpaired) electrons. The molecule has 0 bridgehead atoms. The standard InChI is InChI=1S/C16H24N2S/c1-3-13-9-5-4-6-11-18(13)15-12(2)8-7-10-14(15)16(17)19/h7-8,10,13H,3-6,9,11H2,1-2H3,(H2,17,19). The second kappa shape index (κ2) is 6.38. The lowest BCUT2D eigenvalue weighted by atomic mass is 10.0. The summed E-state index contributed by atoms with van der Waals surface area (Å²) in [6, 6.07) is 6.89. The van der Waals surface area contributed by atoms with E-state index >= 15 is 0 Å². The number of hydrogen-bond acceptors (Lipinski definition) is 2. The van der Waals surface area contributed by atoms with Crippen LogP contribution in [0.1, 0.15) is 50.2 Å². The fourth-order valence-corrected chi connectivity index (χ4v) is 3.30. The lowest BCUT2D eigenvalue weighted by Crippen LogP contribution is -2.36. The molecule has 0 amide bonds. The molecule has 1 aromatic rings. The zero-order valence-corrected chi connectivity index (χ0v) is 12.8. The zero-order valence-electron chi connectivity index (χ0n) is 12.0. The predicted octanol–water partition coefficient (Wildman–Crippen LogP) is 3.79. The molecule has 1 fully saturated rings. The first-order valence-corrected chi connectivity index (χ1v) is 7.72. The minimum atomic E-state index is 0.512.